The standard InChI is InChI=1S/C23H25ClN4O.ClH/c24-19-5-2-4-18(14-19)23(16-26)9-7-20(8-10-23)27-11-12-28(22(27)29)21-6-1-3-17(13-21)15-25;/h1-6,13-14,20H,7-12,16,26H2;1H/t20-,23-;. The van der Waals surface area contributed by atoms with E-state index in [0.717, 1.165) is 36.4 Å². The molecule has 1 saturated carbocycles. The molecule has 0 unspecified atom stereocenters. The van der Waals surface area contributed by atoms with E-state index < -0.39 is 0 Å². The van der Waals surface area contributed by atoms with Gasteiger partial charge in [0.25, 0.3) is 0 Å². The molecule has 1 aliphatic heterocycles. The summed E-state index contributed by atoms with van der Waals surface area (Å²) in [6.45, 7) is 1.95. The van der Waals surface area contributed by atoms with E-state index in [9.17, 15) is 4.79 Å². The minimum absolute atomic E-state index is 0. The van der Waals surface area contributed by atoms with Crippen LogP contribution >= 0.6 is 24.0 Å². The molecule has 158 valence electrons. The molecule has 1 heterocycles. The van der Waals surface area contributed by atoms with Crippen molar-refractivity contribution in [3.63, 3.8) is 0 Å². The number of hydrogen-bond donors (Lipinski definition) is 1. The van der Waals surface area contributed by atoms with E-state index in [0.29, 0.717) is 25.2 Å². The van der Waals surface area contributed by atoms with Crippen molar-refractivity contribution in [2.24, 2.45) is 5.73 Å². The summed E-state index contributed by atoms with van der Waals surface area (Å²) in [4.78, 5) is 16.9. The number of rotatable bonds is 4. The summed E-state index contributed by atoms with van der Waals surface area (Å²) >= 11 is 6.21. The maximum absolute atomic E-state index is 13.1. The second-order valence-corrected chi connectivity index (χ2v) is 8.45. The average molecular weight is 445 g/mol. The van der Waals surface area contributed by atoms with Crippen LogP contribution in [0.4, 0.5) is 10.5 Å². The van der Waals surface area contributed by atoms with Crippen LogP contribution in [0.5, 0.6) is 0 Å². The van der Waals surface area contributed by atoms with E-state index in [1.165, 1.54) is 5.56 Å². The molecule has 0 radical (unpaired) electrons. The Bertz CT molecular complexity index is 950. The fraction of sp³-hybridized carbons (Fsp3) is 0.391. The summed E-state index contributed by atoms with van der Waals surface area (Å²) in [6, 6.07) is 17.7. The zero-order valence-corrected chi connectivity index (χ0v) is 18.3. The molecular formula is C23H26Cl2N4O. The molecule has 0 bridgehead atoms. The van der Waals surface area contributed by atoms with Crippen LogP contribution in [0.25, 0.3) is 0 Å². The Morgan fingerprint density at radius 3 is 2.53 bits per heavy atom. The normalized spacial score (nSPS) is 23.8. The molecule has 0 atom stereocenters. The molecule has 2 aromatic rings. The highest BCUT2D eigenvalue weighted by atomic mass is 35.5. The maximum Gasteiger partial charge on any atom is 0.324 e. The summed E-state index contributed by atoms with van der Waals surface area (Å²) in [5.41, 5.74) is 8.72. The van der Waals surface area contributed by atoms with Crippen LogP contribution < -0.4 is 10.6 Å². The van der Waals surface area contributed by atoms with Gasteiger partial charge >= 0.3 is 6.03 Å². The van der Waals surface area contributed by atoms with Gasteiger partial charge < -0.3 is 10.6 Å². The number of carbonyl (C=O) groups is 1. The minimum Gasteiger partial charge on any atom is -0.330 e. The first kappa shape index (κ1) is 22.4. The largest absolute Gasteiger partial charge is 0.330 e. The lowest BCUT2D eigenvalue weighted by molar-refractivity contribution is 0.156. The number of urea groups is 1. The Morgan fingerprint density at radius 1 is 1.13 bits per heavy atom. The number of hydrogen-bond acceptors (Lipinski definition) is 3. The number of nitriles is 1. The topological polar surface area (TPSA) is 73.4 Å². The number of anilines is 1. The number of benzene rings is 2. The summed E-state index contributed by atoms with van der Waals surface area (Å²) in [5, 5.41) is 9.87. The molecule has 2 aromatic carbocycles. The van der Waals surface area contributed by atoms with Gasteiger partial charge in [0.05, 0.1) is 11.6 Å². The monoisotopic (exact) mass is 444 g/mol. The molecular weight excluding hydrogens is 419 g/mol. The predicted octanol–water partition coefficient (Wildman–Crippen LogP) is 4.71. The number of nitrogens with two attached hydrogens (primary N) is 1. The molecule has 2 aliphatic rings. The van der Waals surface area contributed by atoms with Gasteiger partial charge in [-0.05, 0) is 61.6 Å². The minimum atomic E-state index is -0.0645. The Balaban J connectivity index is 0.00000256. The third kappa shape index (κ3) is 4.13. The Labute approximate surface area is 188 Å². The summed E-state index contributed by atoms with van der Waals surface area (Å²) in [6.07, 6.45) is 3.76. The van der Waals surface area contributed by atoms with Crippen molar-refractivity contribution in [3.05, 3.63) is 64.7 Å². The van der Waals surface area contributed by atoms with Gasteiger partial charge in [-0.15, -0.1) is 12.4 Å². The third-order valence-corrected chi connectivity index (χ3v) is 6.74. The fourth-order valence-corrected chi connectivity index (χ4v) is 4.96. The smallest absolute Gasteiger partial charge is 0.324 e. The van der Waals surface area contributed by atoms with Gasteiger partial charge in [0, 0.05) is 41.8 Å². The average Bonchev–Trinajstić information content (AvgIpc) is 3.15. The van der Waals surface area contributed by atoms with Crippen LogP contribution in [-0.4, -0.2) is 36.6 Å². The molecule has 1 saturated heterocycles. The van der Waals surface area contributed by atoms with Crippen molar-refractivity contribution < 1.29 is 4.79 Å². The molecule has 7 heteroatoms. The van der Waals surface area contributed by atoms with Crippen molar-refractivity contribution >= 4 is 35.7 Å². The quantitative estimate of drug-likeness (QED) is 0.741. The number of nitrogens with zero attached hydrogens (tertiary/aromatic N) is 3. The van der Waals surface area contributed by atoms with Crippen LogP contribution in [0.2, 0.25) is 5.02 Å². The fourth-order valence-electron chi connectivity index (χ4n) is 4.77. The lowest BCUT2D eigenvalue weighted by atomic mass is 9.68. The Morgan fingerprint density at radius 2 is 1.87 bits per heavy atom. The summed E-state index contributed by atoms with van der Waals surface area (Å²) in [5.74, 6) is 0. The van der Waals surface area contributed by atoms with E-state index in [1.54, 1.807) is 17.0 Å². The van der Waals surface area contributed by atoms with Crippen LogP contribution in [0.3, 0.4) is 0 Å². The van der Waals surface area contributed by atoms with Crippen molar-refractivity contribution in [2.45, 2.75) is 37.1 Å². The van der Waals surface area contributed by atoms with Crippen molar-refractivity contribution in [3.8, 4) is 6.07 Å². The van der Waals surface area contributed by atoms with Crippen molar-refractivity contribution in [2.75, 3.05) is 24.5 Å². The third-order valence-electron chi connectivity index (χ3n) is 6.51. The van der Waals surface area contributed by atoms with Crippen molar-refractivity contribution in [1.29, 1.82) is 5.26 Å². The number of amides is 2. The molecule has 30 heavy (non-hydrogen) atoms. The van der Waals surface area contributed by atoms with Gasteiger partial charge in [0.15, 0.2) is 0 Å². The zero-order chi connectivity index (χ0) is 20.4. The Hall–Kier alpha value is -2.26. The van der Waals surface area contributed by atoms with Crippen LogP contribution in [-0.2, 0) is 5.41 Å². The highest BCUT2D eigenvalue weighted by molar-refractivity contribution is 6.30. The highest BCUT2D eigenvalue weighted by Crippen LogP contribution is 2.41. The highest BCUT2D eigenvalue weighted by Gasteiger charge is 2.41. The van der Waals surface area contributed by atoms with Crippen molar-refractivity contribution in [1.82, 2.24) is 4.90 Å². The zero-order valence-electron chi connectivity index (χ0n) is 16.8. The molecule has 5 nitrogen and oxygen atoms in total. The Kier molecular flexibility index (Phi) is 6.92. The molecule has 0 aromatic heterocycles. The summed E-state index contributed by atoms with van der Waals surface area (Å²) in [7, 11) is 0. The predicted molar refractivity (Wildman–Crippen MR) is 122 cm³/mol. The van der Waals surface area contributed by atoms with E-state index in [-0.39, 0.29) is 29.9 Å². The van der Waals surface area contributed by atoms with Gasteiger partial charge in [-0.2, -0.15) is 5.26 Å². The van der Waals surface area contributed by atoms with E-state index in [2.05, 4.69) is 12.1 Å². The van der Waals surface area contributed by atoms with Gasteiger partial charge in [0.2, 0.25) is 0 Å². The van der Waals surface area contributed by atoms with E-state index in [4.69, 9.17) is 22.6 Å². The molecule has 1 aliphatic carbocycles. The first-order chi connectivity index (χ1) is 14.1. The second kappa shape index (κ2) is 9.26. The van der Waals surface area contributed by atoms with Gasteiger partial charge in [0.1, 0.15) is 0 Å². The molecule has 0 spiro atoms. The summed E-state index contributed by atoms with van der Waals surface area (Å²) < 4.78 is 0. The van der Waals surface area contributed by atoms with Crippen LogP contribution in [0.15, 0.2) is 48.5 Å². The lowest BCUT2D eigenvalue weighted by Gasteiger charge is -2.42. The lowest BCUT2D eigenvalue weighted by Crippen LogP contribution is -2.46. The van der Waals surface area contributed by atoms with Gasteiger partial charge in [-0.25, -0.2) is 4.79 Å². The van der Waals surface area contributed by atoms with Gasteiger partial charge in [-0.3, -0.25) is 4.90 Å². The van der Waals surface area contributed by atoms with Gasteiger partial charge in [-0.1, -0.05) is 29.8 Å². The molecule has 2 N–H and O–H groups in total. The number of carbonyl (C=O) groups excluding carboxylic acids is 1. The van der Waals surface area contributed by atoms with E-state index in [1.807, 2.05) is 35.2 Å². The maximum atomic E-state index is 13.1. The van der Waals surface area contributed by atoms with Crippen LogP contribution in [0, 0.1) is 11.3 Å². The molecule has 2 fully saturated rings. The molecule has 4 rings (SSSR count). The van der Waals surface area contributed by atoms with E-state index >= 15 is 0 Å². The first-order valence-electron chi connectivity index (χ1n) is 10.1. The first-order valence-corrected chi connectivity index (χ1v) is 10.5. The molecule has 2 amide bonds. The SMILES string of the molecule is Cl.N#Cc1cccc(N2CCN([C@H]3CC[C@](CN)(c4cccc(Cl)c4)CC3)C2=O)c1. The second-order valence-electron chi connectivity index (χ2n) is 8.02. The van der Waals surface area contributed by atoms with Crippen LogP contribution in [0.1, 0.15) is 36.8 Å². The number of halogens is 2.